The van der Waals surface area contributed by atoms with Crippen LogP contribution in [0.3, 0.4) is 0 Å². The maximum absolute atomic E-state index is 4.59. The first-order valence-electron chi connectivity index (χ1n) is 8.36. The third-order valence-electron chi connectivity index (χ3n) is 4.10. The number of guanidine groups is 1. The molecule has 0 aromatic carbocycles. The lowest BCUT2D eigenvalue weighted by atomic mass is 9.97. The maximum Gasteiger partial charge on any atom is 0.191 e. The highest BCUT2D eigenvalue weighted by Crippen LogP contribution is 2.19. The molecule has 1 aromatic rings. The molecule has 24 heavy (non-hydrogen) atoms. The lowest BCUT2D eigenvalue weighted by Crippen LogP contribution is -2.38. The molecule has 0 bridgehead atoms. The molecule has 6 nitrogen and oxygen atoms in total. The molecule has 0 aliphatic heterocycles. The molecule has 1 aromatic heterocycles. The quantitative estimate of drug-likeness (QED) is 0.294. The fraction of sp³-hybridized carbons (Fsp3) is 0.588. The van der Waals surface area contributed by atoms with Crippen LogP contribution in [0.4, 0.5) is 0 Å². The number of nitrogens with one attached hydrogen (secondary N) is 2. The van der Waals surface area contributed by atoms with E-state index in [1.807, 2.05) is 24.6 Å². The first-order chi connectivity index (χ1) is 11.2. The van der Waals surface area contributed by atoms with Crippen molar-refractivity contribution in [3.63, 3.8) is 0 Å². The number of hydrogen-bond donors (Lipinski definition) is 2. The molecule has 0 saturated carbocycles. The molecule has 7 heteroatoms. The van der Waals surface area contributed by atoms with Gasteiger partial charge in [0, 0.05) is 20.1 Å². The molecular formula is C17H29IN6. The van der Waals surface area contributed by atoms with Crippen LogP contribution >= 0.6 is 24.0 Å². The third-order valence-corrected chi connectivity index (χ3v) is 4.10. The summed E-state index contributed by atoms with van der Waals surface area (Å²) in [5.41, 5.74) is 1.57. The second-order valence-electron chi connectivity index (χ2n) is 5.84. The Kier molecular flexibility index (Phi) is 9.66. The van der Waals surface area contributed by atoms with Gasteiger partial charge in [-0.3, -0.25) is 0 Å². The molecule has 1 aliphatic rings. The van der Waals surface area contributed by atoms with Crippen molar-refractivity contribution in [3.8, 4) is 0 Å². The number of aliphatic imine (C=N–C) groups is 1. The molecule has 2 rings (SSSR count). The van der Waals surface area contributed by atoms with Crippen LogP contribution in [0.2, 0.25) is 0 Å². The van der Waals surface area contributed by atoms with Crippen LogP contribution in [-0.2, 0) is 13.6 Å². The van der Waals surface area contributed by atoms with E-state index in [9.17, 15) is 0 Å². The minimum absolute atomic E-state index is 0. The number of nitrogens with zero attached hydrogens (tertiary/aromatic N) is 4. The van der Waals surface area contributed by atoms with Crippen molar-refractivity contribution < 1.29 is 0 Å². The zero-order valence-corrected chi connectivity index (χ0v) is 17.0. The fourth-order valence-electron chi connectivity index (χ4n) is 2.55. The van der Waals surface area contributed by atoms with Gasteiger partial charge in [-0.25, -0.2) is 4.99 Å². The predicted molar refractivity (Wildman–Crippen MR) is 110 cm³/mol. The van der Waals surface area contributed by atoms with E-state index in [4.69, 9.17) is 0 Å². The summed E-state index contributed by atoms with van der Waals surface area (Å²) in [6.45, 7) is 7.77. The number of halogens is 1. The van der Waals surface area contributed by atoms with Gasteiger partial charge in [-0.1, -0.05) is 17.7 Å². The van der Waals surface area contributed by atoms with Gasteiger partial charge >= 0.3 is 0 Å². The zero-order chi connectivity index (χ0) is 16.5. The summed E-state index contributed by atoms with van der Waals surface area (Å²) in [4.78, 5) is 4.59. The maximum atomic E-state index is 4.59. The average molecular weight is 444 g/mol. The first-order valence-corrected chi connectivity index (χ1v) is 8.36. The van der Waals surface area contributed by atoms with Crippen molar-refractivity contribution >= 4 is 29.9 Å². The summed E-state index contributed by atoms with van der Waals surface area (Å²) in [6.07, 6.45) is 10.4. The van der Waals surface area contributed by atoms with Gasteiger partial charge in [0.15, 0.2) is 11.8 Å². The molecule has 0 unspecified atom stereocenters. The average Bonchev–Trinajstić information content (AvgIpc) is 2.89. The van der Waals surface area contributed by atoms with E-state index in [1.165, 1.54) is 25.7 Å². The van der Waals surface area contributed by atoms with Crippen molar-refractivity contribution in [1.82, 2.24) is 25.4 Å². The summed E-state index contributed by atoms with van der Waals surface area (Å²) in [6, 6.07) is 0. The van der Waals surface area contributed by atoms with Crippen molar-refractivity contribution in [1.29, 1.82) is 0 Å². The highest BCUT2D eigenvalue weighted by Gasteiger charge is 2.06. The van der Waals surface area contributed by atoms with E-state index >= 15 is 0 Å². The number of aromatic nitrogens is 3. The molecule has 0 amide bonds. The van der Waals surface area contributed by atoms with Crippen molar-refractivity contribution in [2.24, 2.45) is 12.0 Å². The van der Waals surface area contributed by atoms with Gasteiger partial charge in [-0.2, -0.15) is 0 Å². The molecule has 0 fully saturated rings. The Morgan fingerprint density at radius 2 is 2.21 bits per heavy atom. The predicted octanol–water partition coefficient (Wildman–Crippen LogP) is 2.85. The lowest BCUT2D eigenvalue weighted by Gasteiger charge is -2.15. The van der Waals surface area contributed by atoms with E-state index in [0.29, 0.717) is 13.1 Å². The van der Waals surface area contributed by atoms with Crippen molar-refractivity contribution in [3.05, 3.63) is 36.0 Å². The van der Waals surface area contributed by atoms with Crippen LogP contribution in [-0.4, -0.2) is 33.8 Å². The van der Waals surface area contributed by atoms with Crippen molar-refractivity contribution in [2.45, 2.75) is 45.6 Å². The van der Waals surface area contributed by atoms with E-state index in [2.05, 4.69) is 38.5 Å². The van der Waals surface area contributed by atoms with E-state index in [1.54, 1.807) is 5.57 Å². The lowest BCUT2D eigenvalue weighted by molar-refractivity contribution is 0.665. The van der Waals surface area contributed by atoms with E-state index in [-0.39, 0.29) is 24.0 Å². The Balaban J connectivity index is 0.00000288. The van der Waals surface area contributed by atoms with E-state index in [0.717, 1.165) is 30.6 Å². The largest absolute Gasteiger partial charge is 0.356 e. The van der Waals surface area contributed by atoms with Gasteiger partial charge in [0.1, 0.15) is 12.4 Å². The smallest absolute Gasteiger partial charge is 0.191 e. The second-order valence-corrected chi connectivity index (χ2v) is 5.84. The molecule has 0 saturated heterocycles. The first kappa shape index (κ1) is 20.7. The molecular weight excluding hydrogens is 415 g/mol. The fourth-order valence-corrected chi connectivity index (χ4v) is 2.55. The molecule has 1 aliphatic carbocycles. The second kappa shape index (κ2) is 11.2. The summed E-state index contributed by atoms with van der Waals surface area (Å²) in [5, 5.41) is 14.8. The molecule has 2 N–H and O–H groups in total. The number of hydrogen-bond acceptors (Lipinski definition) is 3. The van der Waals surface area contributed by atoms with Crippen LogP contribution in [0.25, 0.3) is 0 Å². The highest BCUT2D eigenvalue weighted by molar-refractivity contribution is 14.0. The summed E-state index contributed by atoms with van der Waals surface area (Å²) < 4.78 is 1.96. The van der Waals surface area contributed by atoms with Gasteiger partial charge in [0.25, 0.3) is 0 Å². The SMILES string of the molecule is C=CCNC(=NCc1nnc(C)n1C)NCCC1=CCCCC1.I. The Morgan fingerprint density at radius 1 is 1.38 bits per heavy atom. The Hall–Kier alpha value is -1.38. The van der Waals surface area contributed by atoms with Crippen LogP contribution in [0.5, 0.6) is 0 Å². The summed E-state index contributed by atoms with van der Waals surface area (Å²) in [5.74, 6) is 2.55. The van der Waals surface area contributed by atoms with Gasteiger partial charge in [0.2, 0.25) is 0 Å². The number of allylic oxidation sites excluding steroid dienone is 1. The molecule has 134 valence electrons. The third kappa shape index (κ3) is 6.62. The highest BCUT2D eigenvalue weighted by atomic mass is 127. The van der Waals surface area contributed by atoms with Crippen LogP contribution in [0, 0.1) is 6.92 Å². The minimum atomic E-state index is 0. The van der Waals surface area contributed by atoms with Crippen molar-refractivity contribution in [2.75, 3.05) is 13.1 Å². The normalized spacial score (nSPS) is 14.6. The number of aryl methyl sites for hydroxylation is 1. The minimum Gasteiger partial charge on any atom is -0.356 e. The van der Waals surface area contributed by atoms with Crippen LogP contribution in [0.15, 0.2) is 29.3 Å². The molecule has 0 atom stereocenters. The van der Waals surface area contributed by atoms with Gasteiger partial charge in [0.05, 0.1) is 0 Å². The Morgan fingerprint density at radius 3 is 2.83 bits per heavy atom. The Labute approximate surface area is 161 Å². The molecule has 1 heterocycles. The zero-order valence-electron chi connectivity index (χ0n) is 14.7. The van der Waals surface area contributed by atoms with Gasteiger partial charge in [-0.05, 0) is 39.0 Å². The van der Waals surface area contributed by atoms with E-state index < -0.39 is 0 Å². The summed E-state index contributed by atoms with van der Waals surface area (Å²) in [7, 11) is 1.96. The Bertz CT molecular complexity index is 576. The van der Waals surface area contributed by atoms with Gasteiger partial charge in [-0.15, -0.1) is 40.8 Å². The number of rotatable bonds is 7. The van der Waals surface area contributed by atoms with Crippen LogP contribution in [0.1, 0.15) is 43.8 Å². The summed E-state index contributed by atoms with van der Waals surface area (Å²) >= 11 is 0. The molecule has 0 radical (unpaired) electrons. The topological polar surface area (TPSA) is 67.1 Å². The monoisotopic (exact) mass is 444 g/mol. The van der Waals surface area contributed by atoms with Crippen LogP contribution < -0.4 is 10.6 Å². The molecule has 0 spiro atoms. The van der Waals surface area contributed by atoms with Gasteiger partial charge < -0.3 is 15.2 Å². The standard InChI is InChI=1S/C17H28N6.HI/c1-4-11-18-17(19-12-10-15-8-6-5-7-9-15)20-13-16-22-21-14(2)23(16)3;/h4,8H,1,5-7,9-13H2,2-3H3,(H2,18,19,20);1H.